The number of amides is 9. The fraction of sp³-hybridized carbons (Fsp3) is 0.422. The van der Waals surface area contributed by atoms with Crippen LogP contribution in [0.2, 0.25) is 0 Å². The van der Waals surface area contributed by atoms with Crippen LogP contribution in [0.25, 0.3) is 10.1 Å². The van der Waals surface area contributed by atoms with Crippen molar-refractivity contribution >= 4 is 93.0 Å². The molecule has 23 nitrogen and oxygen atoms in total. The van der Waals surface area contributed by atoms with Crippen molar-refractivity contribution in [3.8, 4) is 11.8 Å². The van der Waals surface area contributed by atoms with Crippen LogP contribution in [0.1, 0.15) is 120 Å². The molecule has 1 unspecified atom stereocenters. The van der Waals surface area contributed by atoms with Gasteiger partial charge < -0.3 is 51.1 Å². The minimum atomic E-state index is -4.05. The average Bonchev–Trinajstić information content (AvgIpc) is 1.60. The van der Waals surface area contributed by atoms with Gasteiger partial charge in [0.25, 0.3) is 11.8 Å². The first-order valence-corrected chi connectivity index (χ1v) is 33.9. The Morgan fingerprint density at radius 3 is 2.32 bits per heavy atom. The number of fused-ring (bicyclic) bond motifs is 3. The zero-order valence-electron chi connectivity index (χ0n) is 50.2. The number of likely N-dealkylation sites (N-methyl/N-ethyl adjacent to an activating group) is 1. The van der Waals surface area contributed by atoms with Crippen LogP contribution in [-0.2, 0) is 67.0 Å². The number of nitrogens with two attached hydrogens (primary N) is 1. The molecule has 5 aliphatic rings. The van der Waals surface area contributed by atoms with E-state index in [9.17, 15) is 60.3 Å². The van der Waals surface area contributed by atoms with Crippen LogP contribution in [0.15, 0.2) is 107 Å². The number of benzene rings is 4. The Hall–Kier alpha value is -8.09. The zero-order chi connectivity index (χ0) is 65.6. The van der Waals surface area contributed by atoms with Crippen LogP contribution in [-0.4, -0.2) is 160 Å². The second-order valence-electron chi connectivity index (χ2n) is 23.6. The van der Waals surface area contributed by atoms with Crippen LogP contribution in [0.5, 0.6) is 0 Å². The summed E-state index contributed by atoms with van der Waals surface area (Å²) in [6, 6.07) is 17.5. The van der Waals surface area contributed by atoms with Crippen molar-refractivity contribution in [2.45, 2.75) is 143 Å². The SMILES string of the molecule is CCN1CC[C@H]2CC[C@@H](C(=O)N[C@@H](CCC(N)=O)C(=O)N[C@@H](Cc3ccc(S(=O)(=O)c4ccccc4)cc3)C(=O)N3CCC(CCC#Cc4cccc5c4CN(C4CCC(=O)NC4=O)C5=O)CC3)N2C(=O)[C@@H](NC(=O)c2cc3cc(C(F)(F)OP(O)O)ccc3s2)C1. The number of nitrogens with zero attached hydrogens (tertiary/aromatic N) is 4. The number of hydrogen-bond donors (Lipinski definition) is 7. The quantitative estimate of drug-likeness (QED) is 0.0302. The van der Waals surface area contributed by atoms with Gasteiger partial charge in [0.15, 0.2) is 0 Å². The van der Waals surface area contributed by atoms with E-state index in [1.165, 1.54) is 46.2 Å². The van der Waals surface area contributed by atoms with Crippen molar-refractivity contribution in [3.63, 3.8) is 0 Å². The van der Waals surface area contributed by atoms with Crippen molar-refractivity contribution < 1.29 is 74.7 Å². The summed E-state index contributed by atoms with van der Waals surface area (Å²) in [6.07, 6.45) is -1.01. The van der Waals surface area contributed by atoms with Crippen LogP contribution in [0.3, 0.4) is 0 Å². The van der Waals surface area contributed by atoms with Crippen molar-refractivity contribution in [2.24, 2.45) is 11.7 Å². The topological polar surface area (TPSA) is 325 Å². The lowest BCUT2D eigenvalue weighted by molar-refractivity contribution is -0.189. The fourth-order valence-corrected chi connectivity index (χ4v) is 15.2. The van der Waals surface area contributed by atoms with Gasteiger partial charge in [0, 0.05) is 80.3 Å². The molecule has 0 spiro atoms. The molecule has 28 heteroatoms. The van der Waals surface area contributed by atoms with Crippen LogP contribution >= 0.6 is 19.9 Å². The van der Waals surface area contributed by atoms with Crippen molar-refractivity contribution in [1.82, 2.24) is 40.9 Å². The molecule has 4 fully saturated rings. The molecule has 8 N–H and O–H groups in total. The van der Waals surface area contributed by atoms with Gasteiger partial charge >= 0.3 is 14.7 Å². The minimum Gasteiger partial charge on any atom is -0.370 e. The third-order valence-electron chi connectivity index (χ3n) is 17.7. The molecule has 5 aromatic rings. The first kappa shape index (κ1) is 66.8. The van der Waals surface area contributed by atoms with E-state index >= 15 is 0 Å². The molecule has 0 radical (unpaired) electrons. The lowest BCUT2D eigenvalue weighted by Gasteiger charge is -2.38. The molecule has 92 heavy (non-hydrogen) atoms. The maximum absolute atomic E-state index is 14.8. The third kappa shape index (κ3) is 15.3. The van der Waals surface area contributed by atoms with E-state index in [4.69, 9.17) is 15.5 Å². The van der Waals surface area contributed by atoms with Gasteiger partial charge in [-0.25, -0.2) is 12.9 Å². The number of piperidine rings is 2. The summed E-state index contributed by atoms with van der Waals surface area (Å²) in [7, 11) is -7.31. The molecule has 1 aromatic heterocycles. The van der Waals surface area contributed by atoms with Crippen LogP contribution < -0.4 is 27.0 Å². The summed E-state index contributed by atoms with van der Waals surface area (Å²) in [5.74, 6) is 1.38. The number of primary amides is 1. The standard InChI is InChI=1S/C64H70F2N9O14PS2/c1-2-72-30-29-43-18-22-52(75(43)63(84)50(37-72)70-60(81)54-35-41-34-42(17-24-53(41)91-54)64(65,66)89-90(85)86)59(80)68-48(21-25-55(67)76)57(78)69-49(33-39-15-19-45(20-16-39)92(87,88)44-12-4-3-5-13-44)62(83)73-31-27-38(28-32-73)9-6-7-10-40-11-8-14-46-47(40)36-74(61(46)82)51-23-26-56(77)71-58(51)79/h3-5,8,11-17,19-20,24,34-35,38,43,48-52,85-86H,2,6,9,18,21-23,25-33,36-37H2,1H3,(H2,67,76)(H,68,80)(H,69,78)(H,70,81)(H,71,77,79)/t43-,48+,49+,50+,51?,52+/m1/s1. The second-order valence-corrected chi connectivity index (χ2v) is 27.3. The number of carbonyl (C=O) groups excluding carboxylic acids is 9. The van der Waals surface area contributed by atoms with Gasteiger partial charge in [-0.3, -0.25) is 48.5 Å². The molecule has 5 aliphatic heterocycles. The highest BCUT2D eigenvalue weighted by atomic mass is 32.2. The maximum atomic E-state index is 14.8. The van der Waals surface area contributed by atoms with Crippen molar-refractivity contribution in [2.75, 3.05) is 32.7 Å². The predicted octanol–water partition coefficient (Wildman–Crippen LogP) is 4.50. The Morgan fingerprint density at radius 2 is 1.61 bits per heavy atom. The van der Waals surface area contributed by atoms with Gasteiger partial charge in [0.05, 0.1) is 20.2 Å². The Labute approximate surface area is 534 Å². The highest BCUT2D eigenvalue weighted by Crippen LogP contribution is 2.43. The summed E-state index contributed by atoms with van der Waals surface area (Å²) in [5, 5.41) is 11.0. The number of sulfone groups is 1. The molecule has 4 aromatic carbocycles. The highest BCUT2D eigenvalue weighted by Gasteiger charge is 2.47. The summed E-state index contributed by atoms with van der Waals surface area (Å²) in [6.45, 7) is 3.77. The molecular formula is C64H70F2N9O14PS2. The summed E-state index contributed by atoms with van der Waals surface area (Å²) in [5.41, 5.74) is 7.26. The van der Waals surface area contributed by atoms with E-state index in [1.54, 1.807) is 47.4 Å². The first-order chi connectivity index (χ1) is 44.0. The lowest BCUT2D eigenvalue weighted by Crippen LogP contribution is -2.62. The lowest BCUT2D eigenvalue weighted by atomic mass is 9.91. The normalized spacial score (nSPS) is 20.5. The van der Waals surface area contributed by atoms with E-state index < -0.39 is 108 Å². The molecular weight excluding hydrogens is 1250 g/mol. The molecule has 9 amide bonds. The molecule has 4 saturated heterocycles. The van der Waals surface area contributed by atoms with Crippen LogP contribution in [0, 0.1) is 17.8 Å². The number of thiophene rings is 1. The van der Waals surface area contributed by atoms with Crippen molar-refractivity contribution in [1.29, 1.82) is 0 Å². The number of alkyl halides is 2. The van der Waals surface area contributed by atoms with Gasteiger partial charge in [-0.05, 0) is 141 Å². The number of imide groups is 1. The molecule has 6 atom stereocenters. The van der Waals surface area contributed by atoms with Gasteiger partial charge in [-0.2, -0.15) is 8.78 Å². The summed E-state index contributed by atoms with van der Waals surface area (Å²) in [4.78, 5) is 148. The molecule has 0 saturated carbocycles. The van der Waals surface area contributed by atoms with E-state index in [0.717, 1.165) is 23.5 Å². The average molecular weight is 1320 g/mol. The third-order valence-corrected chi connectivity index (χ3v) is 21.0. The van der Waals surface area contributed by atoms with Gasteiger partial charge in [0.1, 0.15) is 30.2 Å². The fourth-order valence-electron chi connectivity index (χ4n) is 12.7. The minimum absolute atomic E-state index is 0.00128. The summed E-state index contributed by atoms with van der Waals surface area (Å²) < 4.78 is 60.9. The van der Waals surface area contributed by atoms with E-state index in [2.05, 4.69) is 37.6 Å². The molecule has 0 aliphatic carbocycles. The summed E-state index contributed by atoms with van der Waals surface area (Å²) >= 11 is 0.972. The number of hydrogen-bond acceptors (Lipinski definition) is 16. The van der Waals surface area contributed by atoms with E-state index in [1.807, 2.05) is 17.9 Å². The number of rotatable bonds is 21. The van der Waals surface area contributed by atoms with E-state index in [0.29, 0.717) is 91.7 Å². The zero-order valence-corrected chi connectivity index (χ0v) is 52.7. The smallest absolute Gasteiger partial charge is 0.370 e. The molecule has 486 valence electrons. The number of likely N-dealkylation sites (tertiary alicyclic amines) is 1. The molecule has 0 bridgehead atoms. The van der Waals surface area contributed by atoms with Crippen LogP contribution in [0.4, 0.5) is 8.78 Å². The Bertz CT molecular complexity index is 3860. The Balaban J connectivity index is 0.825. The van der Waals surface area contributed by atoms with Gasteiger partial charge in [-0.15, -0.1) is 11.3 Å². The number of halogens is 2. The van der Waals surface area contributed by atoms with E-state index in [-0.39, 0.29) is 89.4 Å². The first-order valence-electron chi connectivity index (χ1n) is 30.4. The van der Waals surface area contributed by atoms with Crippen molar-refractivity contribution in [3.05, 3.63) is 130 Å². The second kappa shape index (κ2) is 28.8. The molecule has 6 heterocycles. The Morgan fingerprint density at radius 1 is 0.870 bits per heavy atom. The largest absolute Gasteiger partial charge is 0.389 e. The Kier molecular flexibility index (Phi) is 20.9. The predicted molar refractivity (Wildman–Crippen MR) is 332 cm³/mol. The monoisotopic (exact) mass is 1320 g/mol. The highest BCUT2D eigenvalue weighted by molar-refractivity contribution is 7.91. The van der Waals surface area contributed by atoms with Gasteiger partial charge in [-0.1, -0.05) is 55.2 Å². The maximum Gasteiger partial charge on any atom is 0.389 e. The number of nitrogens with one attached hydrogen (secondary N) is 4. The van der Waals surface area contributed by atoms with Gasteiger partial charge in [0.2, 0.25) is 51.2 Å². The molecule has 10 rings (SSSR count). The number of carbonyl (C=O) groups is 9.